The van der Waals surface area contributed by atoms with Crippen molar-refractivity contribution < 1.29 is 14.3 Å². The van der Waals surface area contributed by atoms with Gasteiger partial charge in [-0.05, 0) is 53.8 Å². The first kappa shape index (κ1) is 14.0. The van der Waals surface area contributed by atoms with Crippen LogP contribution in [-0.4, -0.2) is 18.5 Å². The molecule has 0 unspecified atom stereocenters. The molecule has 0 aliphatic heterocycles. The van der Waals surface area contributed by atoms with E-state index in [1.54, 1.807) is 6.92 Å². The molecular weight excluding hydrogens is 333 g/mol. The molecule has 0 aromatic heterocycles. The highest BCUT2D eigenvalue weighted by molar-refractivity contribution is 14.1. The number of esters is 1. The fraction of sp³-hybridized carbons (Fsp3) is 0.333. The number of anilines is 1. The SMILES string of the molecule is CCOC(=O)CCC(=O)Nc1ccc(I)cc1. The Balaban J connectivity index is 2.34. The first-order valence-electron chi connectivity index (χ1n) is 5.33. The van der Waals surface area contributed by atoms with Crippen molar-refractivity contribution in [3.05, 3.63) is 27.8 Å². The van der Waals surface area contributed by atoms with Gasteiger partial charge < -0.3 is 10.1 Å². The van der Waals surface area contributed by atoms with Crippen LogP contribution >= 0.6 is 22.6 Å². The molecule has 1 rings (SSSR count). The highest BCUT2D eigenvalue weighted by atomic mass is 127. The maximum Gasteiger partial charge on any atom is 0.306 e. The van der Waals surface area contributed by atoms with E-state index < -0.39 is 0 Å². The molecule has 0 fully saturated rings. The summed E-state index contributed by atoms with van der Waals surface area (Å²) in [6, 6.07) is 7.46. The van der Waals surface area contributed by atoms with E-state index in [2.05, 4.69) is 27.9 Å². The fourth-order valence-electron chi connectivity index (χ4n) is 1.21. The average Bonchev–Trinajstić information content (AvgIpc) is 2.30. The number of hydrogen-bond acceptors (Lipinski definition) is 3. The monoisotopic (exact) mass is 347 g/mol. The molecule has 1 N–H and O–H groups in total. The highest BCUT2D eigenvalue weighted by Crippen LogP contribution is 2.11. The van der Waals surface area contributed by atoms with Gasteiger partial charge in [0.2, 0.25) is 5.91 Å². The third-order valence-corrected chi connectivity index (χ3v) is 2.71. The van der Waals surface area contributed by atoms with Gasteiger partial charge in [-0.1, -0.05) is 0 Å². The Morgan fingerprint density at radius 1 is 1.24 bits per heavy atom. The van der Waals surface area contributed by atoms with Gasteiger partial charge in [0.15, 0.2) is 0 Å². The van der Waals surface area contributed by atoms with E-state index in [1.165, 1.54) is 0 Å². The Morgan fingerprint density at radius 3 is 2.47 bits per heavy atom. The second-order valence-electron chi connectivity index (χ2n) is 3.36. The lowest BCUT2D eigenvalue weighted by molar-refractivity contribution is -0.144. The van der Waals surface area contributed by atoms with Gasteiger partial charge in [0.1, 0.15) is 0 Å². The predicted molar refractivity (Wildman–Crippen MR) is 73.7 cm³/mol. The van der Waals surface area contributed by atoms with E-state index in [4.69, 9.17) is 4.74 Å². The largest absolute Gasteiger partial charge is 0.466 e. The van der Waals surface area contributed by atoms with Crippen molar-refractivity contribution in [2.45, 2.75) is 19.8 Å². The summed E-state index contributed by atoms with van der Waals surface area (Å²) in [5.41, 5.74) is 0.735. The van der Waals surface area contributed by atoms with Crippen LogP contribution in [0.2, 0.25) is 0 Å². The summed E-state index contributed by atoms with van der Waals surface area (Å²) in [6.45, 7) is 2.08. The standard InChI is InChI=1S/C12H14INO3/c1-2-17-12(16)8-7-11(15)14-10-5-3-9(13)4-6-10/h3-6H,2,7-8H2,1H3,(H,14,15). The molecule has 0 aliphatic carbocycles. The molecule has 0 radical (unpaired) electrons. The number of amides is 1. The molecule has 0 atom stereocenters. The lowest BCUT2D eigenvalue weighted by Crippen LogP contribution is -2.14. The van der Waals surface area contributed by atoms with Crippen molar-refractivity contribution in [1.29, 1.82) is 0 Å². The Labute approximate surface area is 114 Å². The molecule has 0 saturated heterocycles. The van der Waals surface area contributed by atoms with Crippen molar-refractivity contribution in [1.82, 2.24) is 0 Å². The van der Waals surface area contributed by atoms with Crippen LogP contribution in [0.25, 0.3) is 0 Å². The summed E-state index contributed by atoms with van der Waals surface area (Å²) < 4.78 is 5.84. The lowest BCUT2D eigenvalue weighted by atomic mass is 10.2. The van der Waals surface area contributed by atoms with E-state index in [0.29, 0.717) is 6.61 Å². The van der Waals surface area contributed by atoms with Crippen LogP contribution in [0, 0.1) is 3.57 Å². The number of halogens is 1. The molecule has 0 heterocycles. The molecule has 1 aromatic carbocycles. The van der Waals surface area contributed by atoms with Crippen molar-refractivity contribution in [2.75, 3.05) is 11.9 Å². The van der Waals surface area contributed by atoms with Crippen molar-refractivity contribution in [3.63, 3.8) is 0 Å². The Bertz CT molecular complexity index is 389. The van der Waals surface area contributed by atoms with Crippen LogP contribution in [0.5, 0.6) is 0 Å². The molecule has 0 aliphatic rings. The number of carbonyl (C=O) groups excluding carboxylic acids is 2. The van der Waals surface area contributed by atoms with Crippen molar-refractivity contribution in [2.24, 2.45) is 0 Å². The summed E-state index contributed by atoms with van der Waals surface area (Å²) in [7, 11) is 0. The second-order valence-corrected chi connectivity index (χ2v) is 4.61. The minimum atomic E-state index is -0.342. The summed E-state index contributed by atoms with van der Waals surface area (Å²) in [5.74, 6) is -0.524. The van der Waals surface area contributed by atoms with E-state index in [9.17, 15) is 9.59 Å². The number of benzene rings is 1. The fourth-order valence-corrected chi connectivity index (χ4v) is 1.57. The number of hydrogen-bond donors (Lipinski definition) is 1. The van der Waals surface area contributed by atoms with Crippen LogP contribution in [-0.2, 0) is 14.3 Å². The Hall–Kier alpha value is -1.11. The van der Waals surface area contributed by atoms with Crippen molar-refractivity contribution in [3.8, 4) is 0 Å². The van der Waals surface area contributed by atoms with Crippen LogP contribution in [0.15, 0.2) is 24.3 Å². The zero-order valence-electron chi connectivity index (χ0n) is 9.53. The minimum absolute atomic E-state index is 0.115. The molecule has 5 heteroatoms. The number of carbonyl (C=O) groups is 2. The van der Waals surface area contributed by atoms with E-state index in [1.807, 2.05) is 24.3 Å². The zero-order valence-corrected chi connectivity index (χ0v) is 11.7. The second kappa shape index (κ2) is 7.26. The van der Waals surface area contributed by atoms with Gasteiger partial charge in [-0.15, -0.1) is 0 Å². The van der Waals surface area contributed by atoms with Gasteiger partial charge in [-0.2, -0.15) is 0 Å². The topological polar surface area (TPSA) is 55.4 Å². The minimum Gasteiger partial charge on any atom is -0.466 e. The molecule has 0 saturated carbocycles. The van der Waals surface area contributed by atoms with Crippen LogP contribution in [0.3, 0.4) is 0 Å². The predicted octanol–water partition coefficient (Wildman–Crippen LogP) is 2.57. The van der Waals surface area contributed by atoms with Crippen molar-refractivity contribution >= 4 is 40.2 Å². The third-order valence-electron chi connectivity index (χ3n) is 1.99. The molecule has 17 heavy (non-hydrogen) atoms. The summed E-state index contributed by atoms with van der Waals surface area (Å²) >= 11 is 2.19. The van der Waals surface area contributed by atoms with Gasteiger partial charge in [0.25, 0.3) is 0 Å². The molecule has 0 spiro atoms. The number of nitrogens with one attached hydrogen (secondary N) is 1. The molecular formula is C12H14INO3. The average molecular weight is 347 g/mol. The molecule has 4 nitrogen and oxygen atoms in total. The maximum atomic E-state index is 11.5. The molecule has 0 bridgehead atoms. The van der Waals surface area contributed by atoms with E-state index in [0.717, 1.165) is 9.26 Å². The maximum absolute atomic E-state index is 11.5. The van der Waals surface area contributed by atoms with Crippen LogP contribution < -0.4 is 5.32 Å². The number of ether oxygens (including phenoxy) is 1. The smallest absolute Gasteiger partial charge is 0.306 e. The third kappa shape index (κ3) is 5.67. The quantitative estimate of drug-likeness (QED) is 0.658. The van der Waals surface area contributed by atoms with Gasteiger partial charge in [0, 0.05) is 15.7 Å². The van der Waals surface area contributed by atoms with E-state index in [-0.39, 0.29) is 24.7 Å². The molecule has 1 aromatic rings. The lowest BCUT2D eigenvalue weighted by Gasteiger charge is -2.05. The van der Waals surface area contributed by atoms with Crippen LogP contribution in [0.4, 0.5) is 5.69 Å². The van der Waals surface area contributed by atoms with Gasteiger partial charge in [0.05, 0.1) is 13.0 Å². The summed E-state index contributed by atoms with van der Waals surface area (Å²) in [6.07, 6.45) is 0.259. The summed E-state index contributed by atoms with van der Waals surface area (Å²) in [4.78, 5) is 22.5. The first-order valence-corrected chi connectivity index (χ1v) is 6.40. The zero-order chi connectivity index (χ0) is 12.7. The summed E-state index contributed by atoms with van der Waals surface area (Å²) in [5, 5.41) is 2.72. The van der Waals surface area contributed by atoms with Gasteiger partial charge in [-0.25, -0.2) is 0 Å². The molecule has 92 valence electrons. The number of rotatable bonds is 5. The Morgan fingerprint density at radius 2 is 1.88 bits per heavy atom. The van der Waals surface area contributed by atoms with Crippen LogP contribution in [0.1, 0.15) is 19.8 Å². The first-order chi connectivity index (χ1) is 8.11. The van der Waals surface area contributed by atoms with Gasteiger partial charge in [-0.3, -0.25) is 9.59 Å². The Kier molecular flexibility index (Phi) is 5.96. The normalized spacial score (nSPS) is 9.76. The molecule has 1 amide bonds. The highest BCUT2D eigenvalue weighted by Gasteiger charge is 2.07. The van der Waals surface area contributed by atoms with Gasteiger partial charge >= 0.3 is 5.97 Å². The van der Waals surface area contributed by atoms with E-state index >= 15 is 0 Å².